The molecule has 1 aromatic carbocycles. The molecular formula is C14H18ClFN2O. The van der Waals surface area contributed by atoms with Crippen molar-refractivity contribution in [3.63, 3.8) is 0 Å². The maximum absolute atomic E-state index is 14.2. The van der Waals surface area contributed by atoms with Crippen LogP contribution in [0.25, 0.3) is 0 Å². The Morgan fingerprint density at radius 2 is 2.21 bits per heavy atom. The minimum absolute atomic E-state index is 0. The number of nitrogens with one attached hydrogen (secondary N) is 2. The molecule has 1 saturated carbocycles. The van der Waals surface area contributed by atoms with Crippen molar-refractivity contribution in [1.82, 2.24) is 5.32 Å². The van der Waals surface area contributed by atoms with E-state index in [2.05, 4.69) is 10.6 Å². The molecule has 2 aliphatic rings. The van der Waals surface area contributed by atoms with Crippen LogP contribution >= 0.6 is 12.4 Å². The van der Waals surface area contributed by atoms with Crippen LogP contribution in [-0.4, -0.2) is 12.5 Å². The lowest BCUT2D eigenvalue weighted by Gasteiger charge is -2.19. The van der Waals surface area contributed by atoms with E-state index >= 15 is 0 Å². The number of carbonyl (C=O) groups is 1. The SMILES string of the molecule is Cl.O=C(CC1CC1)Nc1ccc2c(c1F)CCNC2. The van der Waals surface area contributed by atoms with Gasteiger partial charge < -0.3 is 10.6 Å². The molecular weight excluding hydrogens is 267 g/mol. The Balaban J connectivity index is 0.00000133. The van der Waals surface area contributed by atoms with Crippen molar-refractivity contribution in [3.8, 4) is 0 Å². The Kier molecular flexibility index (Phi) is 4.42. The van der Waals surface area contributed by atoms with Gasteiger partial charge in [-0.2, -0.15) is 0 Å². The third-order valence-electron chi connectivity index (χ3n) is 3.65. The molecule has 1 fully saturated rings. The zero-order valence-electron chi connectivity index (χ0n) is 10.7. The summed E-state index contributed by atoms with van der Waals surface area (Å²) in [5.41, 5.74) is 2.08. The second-order valence-corrected chi connectivity index (χ2v) is 5.19. The van der Waals surface area contributed by atoms with Crippen LogP contribution in [0.4, 0.5) is 10.1 Å². The van der Waals surface area contributed by atoms with Gasteiger partial charge in [-0.25, -0.2) is 4.39 Å². The Morgan fingerprint density at radius 3 is 2.95 bits per heavy atom. The van der Waals surface area contributed by atoms with Crippen molar-refractivity contribution in [3.05, 3.63) is 29.1 Å². The normalized spacial score (nSPS) is 17.3. The first kappa shape index (κ1) is 14.3. The molecule has 1 aromatic rings. The molecule has 0 atom stereocenters. The third-order valence-corrected chi connectivity index (χ3v) is 3.65. The van der Waals surface area contributed by atoms with Crippen molar-refractivity contribution < 1.29 is 9.18 Å². The molecule has 0 aromatic heterocycles. The highest BCUT2D eigenvalue weighted by atomic mass is 35.5. The molecule has 0 unspecified atom stereocenters. The van der Waals surface area contributed by atoms with Crippen LogP contribution < -0.4 is 10.6 Å². The van der Waals surface area contributed by atoms with E-state index in [9.17, 15) is 9.18 Å². The molecule has 1 aliphatic heterocycles. The van der Waals surface area contributed by atoms with Gasteiger partial charge in [-0.1, -0.05) is 6.07 Å². The number of halogens is 2. The van der Waals surface area contributed by atoms with E-state index in [1.54, 1.807) is 6.07 Å². The molecule has 3 rings (SSSR count). The highest BCUT2D eigenvalue weighted by molar-refractivity contribution is 5.91. The van der Waals surface area contributed by atoms with Gasteiger partial charge in [0.05, 0.1) is 5.69 Å². The summed E-state index contributed by atoms with van der Waals surface area (Å²) in [6.45, 7) is 1.51. The summed E-state index contributed by atoms with van der Waals surface area (Å²) in [7, 11) is 0. The average Bonchev–Trinajstić information content (AvgIpc) is 3.17. The summed E-state index contributed by atoms with van der Waals surface area (Å²) >= 11 is 0. The number of hydrogen-bond donors (Lipinski definition) is 2. The molecule has 0 bridgehead atoms. The van der Waals surface area contributed by atoms with Gasteiger partial charge in [-0.05, 0) is 48.9 Å². The van der Waals surface area contributed by atoms with Gasteiger partial charge in [0.2, 0.25) is 5.91 Å². The molecule has 104 valence electrons. The summed E-state index contributed by atoms with van der Waals surface area (Å²) in [5.74, 6) is 0.207. The number of benzene rings is 1. The molecule has 1 amide bonds. The predicted molar refractivity (Wildman–Crippen MR) is 75.0 cm³/mol. The van der Waals surface area contributed by atoms with Crippen molar-refractivity contribution in [2.24, 2.45) is 5.92 Å². The molecule has 3 nitrogen and oxygen atoms in total. The van der Waals surface area contributed by atoms with E-state index in [1.807, 2.05) is 6.07 Å². The van der Waals surface area contributed by atoms with Gasteiger partial charge in [0.25, 0.3) is 0 Å². The van der Waals surface area contributed by atoms with Crippen molar-refractivity contribution >= 4 is 24.0 Å². The number of amides is 1. The molecule has 0 saturated heterocycles. The Labute approximate surface area is 118 Å². The van der Waals surface area contributed by atoms with Crippen LogP contribution in [0.3, 0.4) is 0 Å². The minimum Gasteiger partial charge on any atom is -0.324 e. The van der Waals surface area contributed by atoms with Gasteiger partial charge in [0.1, 0.15) is 5.82 Å². The maximum atomic E-state index is 14.2. The van der Waals surface area contributed by atoms with E-state index in [0.717, 1.165) is 30.5 Å². The van der Waals surface area contributed by atoms with Crippen molar-refractivity contribution in [2.75, 3.05) is 11.9 Å². The van der Waals surface area contributed by atoms with Gasteiger partial charge in [-0.3, -0.25) is 4.79 Å². The van der Waals surface area contributed by atoms with Crippen molar-refractivity contribution in [1.29, 1.82) is 0 Å². The monoisotopic (exact) mass is 284 g/mol. The molecule has 1 heterocycles. The largest absolute Gasteiger partial charge is 0.324 e. The van der Waals surface area contributed by atoms with E-state index in [4.69, 9.17) is 0 Å². The fraction of sp³-hybridized carbons (Fsp3) is 0.500. The van der Waals surface area contributed by atoms with Gasteiger partial charge in [0, 0.05) is 13.0 Å². The minimum atomic E-state index is -0.252. The second kappa shape index (κ2) is 5.88. The van der Waals surface area contributed by atoms with E-state index < -0.39 is 0 Å². The smallest absolute Gasteiger partial charge is 0.224 e. The number of rotatable bonds is 3. The summed E-state index contributed by atoms with van der Waals surface area (Å²) in [6.07, 6.45) is 3.48. The highest BCUT2D eigenvalue weighted by Gasteiger charge is 2.25. The average molecular weight is 285 g/mol. The summed E-state index contributed by atoms with van der Waals surface area (Å²) in [4.78, 5) is 11.7. The van der Waals surface area contributed by atoms with E-state index in [0.29, 0.717) is 31.0 Å². The third kappa shape index (κ3) is 3.25. The molecule has 5 heteroatoms. The lowest BCUT2D eigenvalue weighted by atomic mass is 9.99. The van der Waals surface area contributed by atoms with E-state index in [-0.39, 0.29) is 24.1 Å². The highest BCUT2D eigenvalue weighted by Crippen LogP contribution is 2.33. The van der Waals surface area contributed by atoms with Gasteiger partial charge >= 0.3 is 0 Å². The van der Waals surface area contributed by atoms with Crippen molar-refractivity contribution in [2.45, 2.75) is 32.2 Å². The van der Waals surface area contributed by atoms with Crippen LogP contribution in [0.1, 0.15) is 30.4 Å². The first-order valence-corrected chi connectivity index (χ1v) is 6.55. The van der Waals surface area contributed by atoms with Gasteiger partial charge in [0.15, 0.2) is 0 Å². The first-order chi connectivity index (χ1) is 8.74. The zero-order valence-corrected chi connectivity index (χ0v) is 11.5. The van der Waals surface area contributed by atoms with E-state index in [1.165, 1.54) is 0 Å². The number of fused-ring (bicyclic) bond motifs is 1. The lowest BCUT2D eigenvalue weighted by Crippen LogP contribution is -2.25. The number of anilines is 1. The summed E-state index contributed by atoms with van der Waals surface area (Å²) in [6, 6.07) is 3.57. The Bertz CT molecular complexity index is 489. The fourth-order valence-corrected chi connectivity index (χ4v) is 2.42. The number of carbonyl (C=O) groups excluding carboxylic acids is 1. The predicted octanol–water partition coefficient (Wildman–Crippen LogP) is 2.63. The van der Waals surface area contributed by atoms with Crippen LogP contribution in [-0.2, 0) is 17.8 Å². The number of hydrogen-bond acceptors (Lipinski definition) is 2. The maximum Gasteiger partial charge on any atom is 0.224 e. The Hall–Kier alpha value is -1.13. The summed E-state index contributed by atoms with van der Waals surface area (Å²) in [5, 5.41) is 5.91. The molecule has 1 aliphatic carbocycles. The van der Waals surface area contributed by atoms with Crippen LogP contribution in [0.2, 0.25) is 0 Å². The second-order valence-electron chi connectivity index (χ2n) is 5.19. The van der Waals surface area contributed by atoms with Gasteiger partial charge in [-0.15, -0.1) is 12.4 Å². The summed E-state index contributed by atoms with van der Waals surface area (Å²) < 4.78 is 14.2. The molecule has 19 heavy (non-hydrogen) atoms. The van der Waals surface area contributed by atoms with Crippen LogP contribution in [0.15, 0.2) is 12.1 Å². The van der Waals surface area contributed by atoms with Crippen LogP contribution in [0, 0.1) is 11.7 Å². The first-order valence-electron chi connectivity index (χ1n) is 6.55. The topological polar surface area (TPSA) is 41.1 Å². The lowest BCUT2D eigenvalue weighted by molar-refractivity contribution is -0.116. The quantitative estimate of drug-likeness (QED) is 0.896. The molecule has 0 spiro atoms. The molecule has 2 N–H and O–H groups in total. The fourth-order valence-electron chi connectivity index (χ4n) is 2.42. The Morgan fingerprint density at radius 1 is 1.42 bits per heavy atom. The molecule has 0 radical (unpaired) electrons. The van der Waals surface area contributed by atoms with Crippen LogP contribution in [0.5, 0.6) is 0 Å². The zero-order chi connectivity index (χ0) is 12.5. The standard InChI is InChI=1S/C14H17FN2O.ClH/c15-14-11-5-6-16-8-10(11)3-4-12(14)17-13(18)7-9-1-2-9;/h3-4,9,16H,1-2,5-8H2,(H,17,18);1H.